The molecule has 2 aromatic rings. The number of esters is 1. The second-order valence-electron chi connectivity index (χ2n) is 9.74. The van der Waals surface area contributed by atoms with Crippen LogP contribution < -0.4 is 0 Å². The van der Waals surface area contributed by atoms with Crippen molar-refractivity contribution in [1.29, 1.82) is 0 Å². The number of benzene rings is 2. The van der Waals surface area contributed by atoms with Gasteiger partial charge in [-0.25, -0.2) is 4.79 Å². The summed E-state index contributed by atoms with van der Waals surface area (Å²) in [6.07, 6.45) is 4.89. The molecule has 0 unspecified atom stereocenters. The highest BCUT2D eigenvalue weighted by molar-refractivity contribution is 6.34. The molecule has 0 spiro atoms. The normalized spacial score (nSPS) is 19.5. The third kappa shape index (κ3) is 6.71. The number of carbonyl (C=O) groups excluding carboxylic acids is 1. The van der Waals surface area contributed by atoms with Crippen molar-refractivity contribution in [1.82, 2.24) is 4.90 Å². The van der Waals surface area contributed by atoms with Crippen molar-refractivity contribution in [2.45, 2.75) is 65.6 Å². The van der Waals surface area contributed by atoms with E-state index in [9.17, 15) is 4.79 Å². The smallest absolute Gasteiger partial charge is 0.337 e. The Morgan fingerprint density at radius 1 is 0.935 bits per heavy atom. The summed E-state index contributed by atoms with van der Waals surface area (Å²) >= 11 is 12.5. The van der Waals surface area contributed by atoms with Crippen LogP contribution in [0.5, 0.6) is 0 Å². The van der Waals surface area contributed by atoms with E-state index in [2.05, 4.69) is 25.7 Å². The van der Waals surface area contributed by atoms with Gasteiger partial charge in [0.05, 0.1) is 12.7 Å². The van der Waals surface area contributed by atoms with Crippen LogP contribution in [-0.2, 0) is 17.8 Å². The zero-order valence-electron chi connectivity index (χ0n) is 19.0. The third-order valence-corrected chi connectivity index (χ3v) is 6.94. The van der Waals surface area contributed by atoms with Gasteiger partial charge in [-0.2, -0.15) is 0 Å². The van der Waals surface area contributed by atoms with Gasteiger partial charge in [0.2, 0.25) is 0 Å². The first-order chi connectivity index (χ1) is 14.7. The molecule has 3 rings (SSSR count). The molecule has 2 aromatic carbocycles. The lowest BCUT2D eigenvalue weighted by Gasteiger charge is -2.41. The number of hydrogen-bond donors (Lipinski definition) is 0. The predicted octanol–water partition coefficient (Wildman–Crippen LogP) is 7.39. The largest absolute Gasteiger partial charge is 0.465 e. The molecule has 3 nitrogen and oxygen atoms in total. The van der Waals surface area contributed by atoms with Crippen LogP contribution >= 0.6 is 23.2 Å². The molecule has 0 saturated heterocycles. The summed E-state index contributed by atoms with van der Waals surface area (Å²) in [6.45, 7) is 8.67. The van der Waals surface area contributed by atoms with Crippen molar-refractivity contribution in [3.63, 3.8) is 0 Å². The Kier molecular flexibility index (Phi) is 8.07. The lowest BCUT2D eigenvalue weighted by molar-refractivity contribution is 0.0600. The highest BCUT2D eigenvalue weighted by atomic mass is 35.5. The van der Waals surface area contributed by atoms with Crippen LogP contribution in [-0.4, -0.2) is 24.0 Å². The fourth-order valence-corrected chi connectivity index (χ4v) is 5.23. The molecular weight excluding hydrogens is 429 g/mol. The molecule has 0 bridgehead atoms. The van der Waals surface area contributed by atoms with Crippen LogP contribution in [0.15, 0.2) is 42.5 Å². The number of carbonyl (C=O) groups is 1. The summed E-state index contributed by atoms with van der Waals surface area (Å²) in [6, 6.07) is 14.0. The number of hydrogen-bond acceptors (Lipinski definition) is 3. The summed E-state index contributed by atoms with van der Waals surface area (Å²) in [5.74, 6) is 0.461. The van der Waals surface area contributed by atoms with E-state index in [1.54, 1.807) is 6.07 Å². The average Bonchev–Trinajstić information content (AvgIpc) is 2.72. The van der Waals surface area contributed by atoms with Crippen molar-refractivity contribution in [2.75, 3.05) is 7.11 Å². The van der Waals surface area contributed by atoms with E-state index in [1.807, 2.05) is 36.4 Å². The first-order valence-corrected chi connectivity index (χ1v) is 11.8. The number of halogens is 2. The molecule has 5 heteroatoms. The van der Waals surface area contributed by atoms with Gasteiger partial charge in [0, 0.05) is 29.2 Å². The van der Waals surface area contributed by atoms with E-state index in [1.165, 1.54) is 38.4 Å². The zero-order valence-corrected chi connectivity index (χ0v) is 20.5. The van der Waals surface area contributed by atoms with Crippen LogP contribution in [0, 0.1) is 11.3 Å². The summed E-state index contributed by atoms with van der Waals surface area (Å²) in [4.78, 5) is 14.3. The molecule has 31 heavy (non-hydrogen) atoms. The first-order valence-electron chi connectivity index (χ1n) is 11.0. The summed E-state index contributed by atoms with van der Waals surface area (Å²) in [5, 5.41) is 1.34. The predicted molar refractivity (Wildman–Crippen MR) is 129 cm³/mol. The van der Waals surface area contributed by atoms with E-state index >= 15 is 0 Å². The molecule has 0 aromatic heterocycles. The lowest BCUT2D eigenvalue weighted by Crippen LogP contribution is -2.39. The molecule has 1 aliphatic rings. The number of methoxy groups -OCH3 is 1. The molecule has 1 aliphatic carbocycles. The Bertz CT molecular complexity index is 861. The van der Waals surface area contributed by atoms with Crippen molar-refractivity contribution in [3.8, 4) is 0 Å². The molecule has 1 fully saturated rings. The molecule has 0 amide bonds. The van der Waals surface area contributed by atoms with Crippen LogP contribution in [0.25, 0.3) is 0 Å². The quantitative estimate of drug-likeness (QED) is 0.419. The minimum Gasteiger partial charge on any atom is -0.465 e. The van der Waals surface area contributed by atoms with E-state index in [0.717, 1.165) is 24.6 Å². The molecule has 0 aliphatic heterocycles. The summed E-state index contributed by atoms with van der Waals surface area (Å²) < 4.78 is 4.82. The van der Waals surface area contributed by atoms with E-state index in [4.69, 9.17) is 27.9 Å². The van der Waals surface area contributed by atoms with Gasteiger partial charge in [-0.15, -0.1) is 0 Å². The van der Waals surface area contributed by atoms with E-state index < -0.39 is 0 Å². The monoisotopic (exact) mass is 461 g/mol. The second kappa shape index (κ2) is 10.4. The average molecular weight is 462 g/mol. The maximum absolute atomic E-state index is 11.8. The van der Waals surface area contributed by atoms with Crippen molar-refractivity contribution in [2.24, 2.45) is 11.3 Å². The Balaban J connectivity index is 1.78. The number of rotatable bonds is 6. The summed E-state index contributed by atoms with van der Waals surface area (Å²) in [5.41, 5.74) is 3.24. The molecule has 0 N–H and O–H groups in total. The van der Waals surface area contributed by atoms with E-state index in [-0.39, 0.29) is 5.97 Å². The molecular formula is C26H33Cl2NO2. The fraction of sp³-hybridized carbons (Fsp3) is 0.500. The highest BCUT2D eigenvalue weighted by Crippen LogP contribution is 2.39. The van der Waals surface area contributed by atoms with Gasteiger partial charge in [-0.1, -0.05) is 56.1 Å². The van der Waals surface area contributed by atoms with Gasteiger partial charge in [-0.05, 0) is 78.5 Å². The summed E-state index contributed by atoms with van der Waals surface area (Å²) in [7, 11) is 1.40. The van der Waals surface area contributed by atoms with Crippen LogP contribution in [0.3, 0.4) is 0 Å². The van der Waals surface area contributed by atoms with Crippen LogP contribution in [0.1, 0.15) is 67.9 Å². The second-order valence-corrected chi connectivity index (χ2v) is 10.6. The highest BCUT2D eigenvalue weighted by Gasteiger charge is 2.32. The topological polar surface area (TPSA) is 29.5 Å². The van der Waals surface area contributed by atoms with E-state index in [0.29, 0.717) is 27.1 Å². The Morgan fingerprint density at radius 3 is 2.00 bits per heavy atom. The van der Waals surface area contributed by atoms with Crippen molar-refractivity contribution in [3.05, 3.63) is 69.2 Å². The maximum Gasteiger partial charge on any atom is 0.337 e. The van der Waals surface area contributed by atoms with Gasteiger partial charge in [0.25, 0.3) is 0 Å². The standard InChI is InChI=1S/C26H33Cl2NO2/c1-26(2,3)21-9-11-24(12-10-21)29(17-19-13-22(27)15-23(28)14-19)16-18-5-7-20(8-6-18)25(30)31-4/h5-8,13-15,21,24H,9-12,16-17H2,1-4H3. The first kappa shape index (κ1) is 24.1. The molecule has 168 valence electrons. The maximum atomic E-state index is 11.8. The Labute approximate surface area is 196 Å². The third-order valence-electron chi connectivity index (χ3n) is 6.51. The number of ether oxygens (including phenoxy) is 1. The van der Waals surface area contributed by atoms with Gasteiger partial charge in [0.1, 0.15) is 0 Å². The molecule has 0 heterocycles. The van der Waals surface area contributed by atoms with Crippen LogP contribution in [0.2, 0.25) is 10.0 Å². The number of nitrogens with zero attached hydrogens (tertiary/aromatic N) is 1. The Hall–Kier alpha value is -1.55. The molecule has 0 radical (unpaired) electrons. The van der Waals surface area contributed by atoms with Crippen molar-refractivity contribution < 1.29 is 9.53 Å². The fourth-order valence-electron chi connectivity index (χ4n) is 4.66. The van der Waals surface area contributed by atoms with Gasteiger partial charge >= 0.3 is 5.97 Å². The lowest BCUT2D eigenvalue weighted by atomic mass is 9.71. The minimum absolute atomic E-state index is 0.308. The van der Waals surface area contributed by atoms with Gasteiger partial charge < -0.3 is 4.74 Å². The van der Waals surface area contributed by atoms with Crippen molar-refractivity contribution >= 4 is 29.2 Å². The zero-order chi connectivity index (χ0) is 22.6. The molecule has 0 atom stereocenters. The minimum atomic E-state index is -0.308. The SMILES string of the molecule is COC(=O)c1ccc(CN(Cc2cc(Cl)cc(Cl)c2)C2CCC(C(C)(C)C)CC2)cc1. The van der Waals surface area contributed by atoms with Gasteiger partial charge in [0.15, 0.2) is 0 Å². The Morgan fingerprint density at radius 2 is 1.48 bits per heavy atom. The van der Waals surface area contributed by atoms with Gasteiger partial charge in [-0.3, -0.25) is 4.90 Å². The van der Waals surface area contributed by atoms with Crippen LogP contribution in [0.4, 0.5) is 0 Å². The molecule has 1 saturated carbocycles.